The molecular formula is C14H21NO4S. The summed E-state index contributed by atoms with van der Waals surface area (Å²) in [5.41, 5.74) is 0. The van der Waals surface area contributed by atoms with Gasteiger partial charge in [-0.25, -0.2) is 8.42 Å². The first kappa shape index (κ1) is 15.1. The largest absolute Gasteiger partial charge is 0.497 e. The number of methoxy groups -OCH3 is 1. The van der Waals surface area contributed by atoms with Crippen LogP contribution in [0.1, 0.15) is 6.92 Å². The second kappa shape index (κ2) is 6.45. The van der Waals surface area contributed by atoms with Crippen LogP contribution >= 0.6 is 0 Å². The zero-order chi connectivity index (χ0) is 14.6. The molecule has 0 saturated carbocycles. The van der Waals surface area contributed by atoms with E-state index in [2.05, 4.69) is 4.90 Å². The Kier molecular flexibility index (Phi) is 4.88. The fraction of sp³-hybridized carbons (Fsp3) is 0.571. The quantitative estimate of drug-likeness (QED) is 0.757. The molecule has 0 aliphatic carbocycles. The van der Waals surface area contributed by atoms with Gasteiger partial charge in [-0.2, -0.15) is 0 Å². The highest BCUT2D eigenvalue weighted by atomic mass is 32.2. The summed E-state index contributed by atoms with van der Waals surface area (Å²) >= 11 is 0. The minimum absolute atomic E-state index is 0.131. The second-order valence-corrected chi connectivity index (χ2v) is 7.39. The fourth-order valence-electron chi connectivity index (χ4n) is 2.06. The van der Waals surface area contributed by atoms with Gasteiger partial charge in [0.2, 0.25) is 0 Å². The highest BCUT2D eigenvalue weighted by Gasteiger charge is 2.29. The molecule has 0 radical (unpaired) electrons. The van der Waals surface area contributed by atoms with Crippen LogP contribution in [-0.2, 0) is 9.84 Å². The third-order valence-corrected chi connectivity index (χ3v) is 5.11. The van der Waals surface area contributed by atoms with Crippen molar-refractivity contribution < 1.29 is 17.9 Å². The van der Waals surface area contributed by atoms with Gasteiger partial charge in [0.25, 0.3) is 0 Å². The standard InChI is InChI=1S/C14H21NO4S/c1-3-20(16,17)8-7-15-10-14(11-15)19-13-6-4-5-12(9-13)18-2/h4-6,9,14H,3,7-8,10-11H2,1-2H3. The normalized spacial score (nSPS) is 16.7. The zero-order valence-corrected chi connectivity index (χ0v) is 12.7. The second-order valence-electron chi connectivity index (χ2n) is 4.91. The van der Waals surface area contributed by atoms with Crippen molar-refractivity contribution in [3.8, 4) is 11.5 Å². The van der Waals surface area contributed by atoms with Crippen LogP contribution in [0, 0.1) is 0 Å². The Bertz CT molecular complexity index is 538. The smallest absolute Gasteiger partial charge is 0.151 e. The maximum Gasteiger partial charge on any atom is 0.151 e. The van der Waals surface area contributed by atoms with Crippen LogP contribution in [0.3, 0.4) is 0 Å². The van der Waals surface area contributed by atoms with E-state index < -0.39 is 9.84 Å². The number of ether oxygens (including phenoxy) is 2. The van der Waals surface area contributed by atoms with E-state index in [0.29, 0.717) is 6.54 Å². The Morgan fingerprint density at radius 1 is 1.30 bits per heavy atom. The van der Waals surface area contributed by atoms with Gasteiger partial charge in [0.15, 0.2) is 9.84 Å². The molecule has 1 aromatic carbocycles. The molecule has 1 aliphatic rings. The maximum atomic E-state index is 11.4. The van der Waals surface area contributed by atoms with Gasteiger partial charge in [0.05, 0.1) is 12.9 Å². The molecule has 0 aromatic heterocycles. The lowest BCUT2D eigenvalue weighted by molar-refractivity contribution is 0.0242. The molecule has 0 amide bonds. The Labute approximate surface area is 120 Å². The van der Waals surface area contributed by atoms with Gasteiger partial charge in [0, 0.05) is 31.5 Å². The van der Waals surface area contributed by atoms with E-state index in [9.17, 15) is 8.42 Å². The average molecular weight is 299 g/mol. The molecule has 20 heavy (non-hydrogen) atoms. The summed E-state index contributed by atoms with van der Waals surface area (Å²) in [5.74, 6) is 2.00. The molecule has 1 fully saturated rings. The van der Waals surface area contributed by atoms with Crippen molar-refractivity contribution in [3.63, 3.8) is 0 Å². The van der Waals surface area contributed by atoms with E-state index in [1.165, 1.54) is 0 Å². The molecular weight excluding hydrogens is 278 g/mol. The summed E-state index contributed by atoms with van der Waals surface area (Å²) in [5, 5.41) is 0. The summed E-state index contributed by atoms with van der Waals surface area (Å²) in [4.78, 5) is 2.10. The van der Waals surface area contributed by atoms with Gasteiger partial charge in [-0.15, -0.1) is 0 Å². The van der Waals surface area contributed by atoms with Crippen molar-refractivity contribution in [2.45, 2.75) is 13.0 Å². The molecule has 0 N–H and O–H groups in total. The van der Waals surface area contributed by atoms with Gasteiger partial charge in [-0.05, 0) is 12.1 Å². The fourth-order valence-corrected chi connectivity index (χ4v) is 2.88. The number of benzene rings is 1. The van der Waals surface area contributed by atoms with E-state index in [-0.39, 0.29) is 17.6 Å². The first-order chi connectivity index (χ1) is 9.52. The predicted octanol–water partition coefficient (Wildman–Crippen LogP) is 1.19. The Balaban J connectivity index is 1.74. The first-order valence-corrected chi connectivity index (χ1v) is 8.58. The van der Waals surface area contributed by atoms with Crippen LogP contribution in [0.5, 0.6) is 11.5 Å². The lowest BCUT2D eigenvalue weighted by Gasteiger charge is -2.38. The summed E-state index contributed by atoms with van der Waals surface area (Å²) in [6.45, 7) is 3.82. The topological polar surface area (TPSA) is 55.8 Å². The van der Waals surface area contributed by atoms with Gasteiger partial charge in [-0.1, -0.05) is 13.0 Å². The van der Waals surface area contributed by atoms with Crippen LogP contribution in [-0.4, -0.2) is 57.7 Å². The van der Waals surface area contributed by atoms with Crippen LogP contribution in [0.4, 0.5) is 0 Å². The summed E-state index contributed by atoms with van der Waals surface area (Å²) in [6, 6.07) is 7.50. The molecule has 1 heterocycles. The SMILES string of the molecule is CCS(=O)(=O)CCN1CC(Oc2cccc(OC)c2)C1. The minimum atomic E-state index is -2.88. The summed E-state index contributed by atoms with van der Waals surface area (Å²) in [6.07, 6.45) is 0.131. The molecule has 5 nitrogen and oxygen atoms in total. The minimum Gasteiger partial charge on any atom is -0.497 e. The van der Waals surface area contributed by atoms with Gasteiger partial charge in [0.1, 0.15) is 17.6 Å². The lowest BCUT2D eigenvalue weighted by Crippen LogP contribution is -2.54. The molecule has 0 bridgehead atoms. The number of hydrogen-bond acceptors (Lipinski definition) is 5. The van der Waals surface area contributed by atoms with Crippen LogP contribution in [0.15, 0.2) is 24.3 Å². The van der Waals surface area contributed by atoms with Crippen molar-refractivity contribution in [1.82, 2.24) is 4.90 Å². The number of sulfone groups is 1. The van der Waals surface area contributed by atoms with E-state index in [4.69, 9.17) is 9.47 Å². The zero-order valence-electron chi connectivity index (χ0n) is 11.9. The Hall–Kier alpha value is -1.27. The van der Waals surface area contributed by atoms with Crippen LogP contribution in [0.2, 0.25) is 0 Å². The number of nitrogens with zero attached hydrogens (tertiary/aromatic N) is 1. The molecule has 112 valence electrons. The molecule has 1 saturated heterocycles. The van der Waals surface area contributed by atoms with E-state index >= 15 is 0 Å². The highest BCUT2D eigenvalue weighted by Crippen LogP contribution is 2.22. The monoisotopic (exact) mass is 299 g/mol. The van der Waals surface area contributed by atoms with Crippen LogP contribution < -0.4 is 9.47 Å². The van der Waals surface area contributed by atoms with E-state index in [1.807, 2.05) is 24.3 Å². The Morgan fingerprint density at radius 2 is 2.00 bits per heavy atom. The van der Waals surface area contributed by atoms with Crippen molar-refractivity contribution >= 4 is 9.84 Å². The Morgan fingerprint density at radius 3 is 2.65 bits per heavy atom. The number of likely N-dealkylation sites (tertiary alicyclic amines) is 1. The molecule has 0 atom stereocenters. The van der Waals surface area contributed by atoms with Crippen molar-refractivity contribution in [2.75, 3.05) is 38.2 Å². The molecule has 2 rings (SSSR count). The lowest BCUT2D eigenvalue weighted by atomic mass is 10.1. The number of hydrogen-bond donors (Lipinski definition) is 0. The molecule has 1 aromatic rings. The van der Waals surface area contributed by atoms with Gasteiger partial charge < -0.3 is 9.47 Å². The number of rotatable bonds is 7. The highest BCUT2D eigenvalue weighted by molar-refractivity contribution is 7.91. The summed E-state index contributed by atoms with van der Waals surface area (Å²) in [7, 11) is -1.25. The average Bonchev–Trinajstić information content (AvgIpc) is 2.41. The summed E-state index contributed by atoms with van der Waals surface area (Å²) < 4.78 is 33.8. The predicted molar refractivity (Wildman–Crippen MR) is 78.2 cm³/mol. The van der Waals surface area contributed by atoms with Crippen LogP contribution in [0.25, 0.3) is 0 Å². The molecule has 1 aliphatic heterocycles. The third kappa shape index (κ3) is 4.11. The molecule has 6 heteroatoms. The third-order valence-electron chi connectivity index (χ3n) is 3.43. The molecule has 0 spiro atoms. The van der Waals surface area contributed by atoms with E-state index in [1.54, 1.807) is 14.0 Å². The van der Waals surface area contributed by atoms with Gasteiger partial charge >= 0.3 is 0 Å². The van der Waals surface area contributed by atoms with Crippen molar-refractivity contribution in [2.24, 2.45) is 0 Å². The van der Waals surface area contributed by atoms with Gasteiger partial charge in [-0.3, -0.25) is 4.90 Å². The molecule has 0 unspecified atom stereocenters. The maximum absolute atomic E-state index is 11.4. The first-order valence-electron chi connectivity index (χ1n) is 6.76. The van der Waals surface area contributed by atoms with Crippen molar-refractivity contribution in [3.05, 3.63) is 24.3 Å². The van der Waals surface area contributed by atoms with E-state index in [0.717, 1.165) is 24.6 Å². The van der Waals surface area contributed by atoms with Crippen molar-refractivity contribution in [1.29, 1.82) is 0 Å².